The maximum Gasteiger partial charge on any atom is 0.342 e. The Bertz CT molecular complexity index is 2070. The van der Waals surface area contributed by atoms with Gasteiger partial charge in [0.05, 0.1) is 20.8 Å². The molecule has 2 aliphatic heterocycles. The minimum absolute atomic E-state index is 0.145. The molecule has 0 aliphatic carbocycles. The van der Waals surface area contributed by atoms with Crippen LogP contribution in [-0.2, 0) is 52.1 Å². The third-order valence-corrected chi connectivity index (χ3v) is 9.49. The monoisotopic (exact) mass is 640 g/mol. The Labute approximate surface area is 276 Å². The van der Waals surface area contributed by atoms with Crippen molar-refractivity contribution in [1.29, 1.82) is 0 Å². The standard InChI is InChI=1S/C39H32N2O7/c1-24-33(34(42)48-23-30-28-17-9-7-15-26(28)21-27-16-8-10-18-29(27)30)39(40-38(24,36(44)46-2)37(45)47-3)31-19-11-12-20-32(31)41(35(39)43)22-25-13-5-4-6-14-25/h4-21,33,40H,1,22-23H2,2-3H3/t33?,39-/m0/s1. The molecule has 7 rings (SSSR count). The van der Waals surface area contributed by atoms with E-state index >= 15 is 0 Å². The van der Waals surface area contributed by atoms with Crippen molar-refractivity contribution >= 4 is 51.0 Å². The molecule has 0 aromatic heterocycles. The van der Waals surface area contributed by atoms with Crippen LogP contribution in [0.15, 0.2) is 121 Å². The molecule has 2 heterocycles. The van der Waals surface area contributed by atoms with E-state index < -0.39 is 40.8 Å². The number of esters is 3. The molecule has 5 aromatic carbocycles. The Morgan fingerprint density at radius 1 is 0.792 bits per heavy atom. The van der Waals surface area contributed by atoms with E-state index in [1.807, 2.05) is 78.9 Å². The predicted molar refractivity (Wildman–Crippen MR) is 180 cm³/mol. The third-order valence-electron chi connectivity index (χ3n) is 9.49. The lowest BCUT2D eigenvalue weighted by Gasteiger charge is -2.31. The third kappa shape index (κ3) is 4.42. The SMILES string of the molecule is C=C1C(C(=O)OCc2c3ccccc3cc3ccccc23)[C@]2(NC1(C(=O)OC)C(=O)OC)C(=O)N(Cc1ccccc1)c1ccccc12. The van der Waals surface area contributed by atoms with Crippen molar-refractivity contribution in [3.8, 4) is 0 Å². The molecule has 2 aliphatic rings. The number of fused-ring (bicyclic) bond motifs is 4. The van der Waals surface area contributed by atoms with Crippen molar-refractivity contribution in [1.82, 2.24) is 5.32 Å². The smallest absolute Gasteiger partial charge is 0.342 e. The number of hydrogen-bond acceptors (Lipinski definition) is 8. The topological polar surface area (TPSA) is 111 Å². The number of para-hydroxylation sites is 1. The Morgan fingerprint density at radius 2 is 1.35 bits per heavy atom. The molecular formula is C39H32N2O7. The highest BCUT2D eigenvalue weighted by Gasteiger charge is 2.74. The lowest BCUT2D eigenvalue weighted by Crippen LogP contribution is -2.62. The zero-order valence-corrected chi connectivity index (χ0v) is 26.4. The van der Waals surface area contributed by atoms with Gasteiger partial charge in [-0.15, -0.1) is 0 Å². The number of anilines is 1. The van der Waals surface area contributed by atoms with Gasteiger partial charge in [0.1, 0.15) is 18.1 Å². The molecule has 1 saturated heterocycles. The predicted octanol–water partition coefficient (Wildman–Crippen LogP) is 5.34. The maximum atomic E-state index is 14.9. The molecule has 1 N–H and O–H groups in total. The van der Waals surface area contributed by atoms with Crippen LogP contribution in [0.4, 0.5) is 5.69 Å². The fourth-order valence-corrected chi connectivity index (χ4v) is 7.29. The zero-order chi connectivity index (χ0) is 33.6. The molecule has 1 amide bonds. The van der Waals surface area contributed by atoms with Crippen molar-refractivity contribution in [3.05, 3.63) is 138 Å². The number of benzene rings is 5. The number of rotatable bonds is 7. The van der Waals surface area contributed by atoms with Gasteiger partial charge in [0.25, 0.3) is 5.91 Å². The Hall–Kier alpha value is -5.80. The summed E-state index contributed by atoms with van der Waals surface area (Å²) >= 11 is 0. The van der Waals surface area contributed by atoms with E-state index in [0.29, 0.717) is 11.3 Å². The Morgan fingerprint density at radius 3 is 1.98 bits per heavy atom. The van der Waals surface area contributed by atoms with Crippen molar-refractivity contribution in [2.24, 2.45) is 5.92 Å². The molecule has 2 atom stereocenters. The first kappa shape index (κ1) is 30.8. The average Bonchev–Trinajstić information content (AvgIpc) is 3.53. The highest BCUT2D eigenvalue weighted by Crippen LogP contribution is 2.55. The summed E-state index contributed by atoms with van der Waals surface area (Å²) in [6.07, 6.45) is 0. The summed E-state index contributed by atoms with van der Waals surface area (Å²) in [5.74, 6) is -5.06. The quantitative estimate of drug-likeness (QED) is 0.0835. The van der Waals surface area contributed by atoms with E-state index in [9.17, 15) is 19.2 Å². The molecule has 0 radical (unpaired) electrons. The molecule has 1 unspecified atom stereocenters. The first-order chi connectivity index (χ1) is 23.3. The number of carbonyl (C=O) groups is 4. The van der Waals surface area contributed by atoms with Gasteiger partial charge in [0, 0.05) is 16.8 Å². The van der Waals surface area contributed by atoms with Crippen LogP contribution in [0, 0.1) is 5.92 Å². The molecule has 1 spiro atoms. The van der Waals surface area contributed by atoms with E-state index in [4.69, 9.17) is 14.2 Å². The second-order valence-electron chi connectivity index (χ2n) is 11.9. The van der Waals surface area contributed by atoms with Gasteiger partial charge < -0.3 is 19.1 Å². The number of nitrogens with one attached hydrogen (secondary N) is 1. The van der Waals surface area contributed by atoms with Gasteiger partial charge in [-0.05, 0) is 44.8 Å². The summed E-state index contributed by atoms with van der Waals surface area (Å²) in [7, 11) is 2.22. The highest BCUT2D eigenvalue weighted by atomic mass is 16.6. The molecule has 9 nitrogen and oxygen atoms in total. The molecule has 1 fully saturated rings. The summed E-state index contributed by atoms with van der Waals surface area (Å²) in [6.45, 7) is 4.12. The second-order valence-corrected chi connectivity index (χ2v) is 11.9. The summed E-state index contributed by atoms with van der Waals surface area (Å²) < 4.78 is 16.3. The van der Waals surface area contributed by atoms with Gasteiger partial charge in [0.2, 0.25) is 5.54 Å². The largest absolute Gasteiger partial charge is 0.467 e. The lowest BCUT2D eigenvalue weighted by atomic mass is 9.77. The van der Waals surface area contributed by atoms with Crippen molar-refractivity contribution in [2.75, 3.05) is 19.1 Å². The van der Waals surface area contributed by atoms with Gasteiger partial charge in [-0.3, -0.25) is 14.9 Å². The number of methoxy groups -OCH3 is 2. The molecule has 9 heteroatoms. The van der Waals surface area contributed by atoms with Gasteiger partial charge in [-0.25, -0.2) is 9.59 Å². The highest BCUT2D eigenvalue weighted by molar-refractivity contribution is 6.17. The summed E-state index contributed by atoms with van der Waals surface area (Å²) in [4.78, 5) is 58.2. The van der Waals surface area contributed by atoms with Crippen molar-refractivity contribution < 1.29 is 33.4 Å². The number of carbonyl (C=O) groups excluding carboxylic acids is 4. The second kappa shape index (κ2) is 11.8. The first-order valence-corrected chi connectivity index (χ1v) is 15.4. The van der Waals surface area contributed by atoms with Gasteiger partial charge in [-0.2, -0.15) is 0 Å². The Kier molecular flexibility index (Phi) is 7.56. The van der Waals surface area contributed by atoms with Crippen LogP contribution in [0.2, 0.25) is 0 Å². The lowest BCUT2D eigenvalue weighted by molar-refractivity contribution is -0.161. The zero-order valence-electron chi connectivity index (χ0n) is 26.4. The van der Waals surface area contributed by atoms with Crippen LogP contribution in [0.5, 0.6) is 0 Å². The molecular weight excluding hydrogens is 608 g/mol. The van der Waals surface area contributed by atoms with E-state index in [1.54, 1.807) is 24.3 Å². The van der Waals surface area contributed by atoms with E-state index in [-0.39, 0.29) is 18.7 Å². The van der Waals surface area contributed by atoms with Crippen LogP contribution in [0.1, 0.15) is 16.7 Å². The van der Waals surface area contributed by atoms with Crippen LogP contribution >= 0.6 is 0 Å². The summed E-state index contributed by atoms with van der Waals surface area (Å²) in [5, 5.41) is 6.74. The Balaban J connectivity index is 1.37. The average molecular weight is 641 g/mol. The fourth-order valence-electron chi connectivity index (χ4n) is 7.29. The van der Waals surface area contributed by atoms with Crippen molar-refractivity contribution in [2.45, 2.75) is 24.2 Å². The molecule has 48 heavy (non-hydrogen) atoms. The van der Waals surface area contributed by atoms with Crippen molar-refractivity contribution in [3.63, 3.8) is 0 Å². The van der Waals surface area contributed by atoms with E-state index in [2.05, 4.69) is 18.0 Å². The minimum atomic E-state index is -2.38. The molecule has 5 aromatic rings. The summed E-state index contributed by atoms with van der Waals surface area (Å²) in [5.41, 5.74) is -2.04. The number of nitrogens with zero attached hydrogens (tertiary/aromatic N) is 1. The van der Waals surface area contributed by atoms with Crippen LogP contribution in [-0.4, -0.2) is 43.6 Å². The van der Waals surface area contributed by atoms with Crippen LogP contribution in [0.3, 0.4) is 0 Å². The minimum Gasteiger partial charge on any atom is -0.467 e. The molecule has 0 saturated carbocycles. The molecule has 0 bridgehead atoms. The van der Waals surface area contributed by atoms with E-state index in [0.717, 1.165) is 46.9 Å². The summed E-state index contributed by atoms with van der Waals surface area (Å²) in [6, 6.07) is 34.0. The van der Waals surface area contributed by atoms with Crippen LogP contribution < -0.4 is 10.2 Å². The van der Waals surface area contributed by atoms with Gasteiger partial charge in [-0.1, -0.05) is 104 Å². The van der Waals surface area contributed by atoms with Crippen LogP contribution in [0.25, 0.3) is 21.5 Å². The van der Waals surface area contributed by atoms with Gasteiger partial charge >= 0.3 is 17.9 Å². The number of amides is 1. The van der Waals surface area contributed by atoms with Gasteiger partial charge in [0.15, 0.2) is 0 Å². The normalized spacial score (nSPS) is 19.5. The number of hydrogen-bond donors (Lipinski definition) is 1. The maximum absolute atomic E-state index is 14.9. The molecule has 240 valence electrons. The van der Waals surface area contributed by atoms with E-state index in [1.165, 1.54) is 4.90 Å². The fraction of sp³-hybridized carbons (Fsp3) is 0.179. The first-order valence-electron chi connectivity index (χ1n) is 15.4. The number of ether oxygens (including phenoxy) is 3.